The summed E-state index contributed by atoms with van der Waals surface area (Å²) >= 11 is 0. The number of ether oxygens (including phenoxy) is 1. The van der Waals surface area contributed by atoms with Crippen molar-refractivity contribution in [1.82, 2.24) is 24.3 Å². The molecule has 1 unspecified atom stereocenters. The maximum atomic E-state index is 15.2. The van der Waals surface area contributed by atoms with Gasteiger partial charge in [-0.05, 0) is 19.1 Å². The summed E-state index contributed by atoms with van der Waals surface area (Å²) in [6, 6.07) is 14.7. The van der Waals surface area contributed by atoms with Gasteiger partial charge in [-0.1, -0.05) is 36.4 Å². The van der Waals surface area contributed by atoms with E-state index in [1.54, 1.807) is 30.9 Å². The Bertz CT molecular complexity index is 1100. The molecule has 0 bridgehead atoms. The highest BCUT2D eigenvalue weighted by Gasteiger charge is 2.24. The van der Waals surface area contributed by atoms with Crippen molar-refractivity contribution in [3.05, 3.63) is 72.8 Å². The monoisotopic (exact) mass is 377 g/mol. The normalized spacial score (nSPS) is 12.1. The zero-order valence-corrected chi connectivity index (χ0v) is 15.9. The van der Waals surface area contributed by atoms with Crippen LogP contribution in [0.5, 0.6) is 5.75 Å². The van der Waals surface area contributed by atoms with Crippen LogP contribution in [-0.4, -0.2) is 31.4 Å². The first-order chi connectivity index (χ1) is 13.6. The van der Waals surface area contributed by atoms with E-state index in [2.05, 4.69) is 15.2 Å². The Labute approximate surface area is 162 Å². The third kappa shape index (κ3) is 2.94. The quantitative estimate of drug-likeness (QED) is 0.525. The number of aromatic nitrogens is 5. The fraction of sp³-hybridized carbons (Fsp3) is 0.190. The molecule has 7 heteroatoms. The van der Waals surface area contributed by atoms with Gasteiger partial charge < -0.3 is 13.9 Å². The van der Waals surface area contributed by atoms with Crippen LogP contribution in [0.25, 0.3) is 22.5 Å². The molecule has 0 aliphatic rings. The van der Waals surface area contributed by atoms with E-state index < -0.39 is 5.82 Å². The van der Waals surface area contributed by atoms with Crippen LogP contribution in [0.15, 0.2) is 61.2 Å². The molecule has 28 heavy (non-hydrogen) atoms. The zero-order valence-electron chi connectivity index (χ0n) is 15.9. The Hall–Kier alpha value is -3.48. The van der Waals surface area contributed by atoms with Gasteiger partial charge in [-0.2, -0.15) is 0 Å². The van der Waals surface area contributed by atoms with Crippen LogP contribution in [0.3, 0.4) is 0 Å². The summed E-state index contributed by atoms with van der Waals surface area (Å²) in [6.07, 6.45) is 3.36. The van der Waals surface area contributed by atoms with Crippen LogP contribution in [0.1, 0.15) is 18.8 Å². The van der Waals surface area contributed by atoms with Gasteiger partial charge in [0.15, 0.2) is 17.4 Å². The molecule has 2 aromatic heterocycles. The molecular weight excluding hydrogens is 357 g/mol. The van der Waals surface area contributed by atoms with Gasteiger partial charge in [-0.3, -0.25) is 0 Å². The summed E-state index contributed by atoms with van der Waals surface area (Å²) in [4.78, 5) is 4.62. The van der Waals surface area contributed by atoms with Crippen molar-refractivity contribution in [1.29, 1.82) is 0 Å². The van der Waals surface area contributed by atoms with Crippen LogP contribution in [0.4, 0.5) is 4.39 Å². The van der Waals surface area contributed by atoms with Crippen molar-refractivity contribution in [2.45, 2.75) is 13.0 Å². The van der Waals surface area contributed by atoms with Gasteiger partial charge in [0.1, 0.15) is 6.33 Å². The number of imidazole rings is 1. The van der Waals surface area contributed by atoms with Gasteiger partial charge in [-0.25, -0.2) is 9.37 Å². The van der Waals surface area contributed by atoms with Crippen LogP contribution >= 0.6 is 0 Å². The predicted molar refractivity (Wildman–Crippen MR) is 104 cm³/mol. The van der Waals surface area contributed by atoms with Crippen LogP contribution in [0, 0.1) is 5.82 Å². The molecule has 2 heterocycles. The summed E-state index contributed by atoms with van der Waals surface area (Å²) in [5.74, 6) is 0.520. The van der Waals surface area contributed by atoms with Crippen LogP contribution in [-0.2, 0) is 7.05 Å². The lowest BCUT2D eigenvalue weighted by Crippen LogP contribution is -2.13. The van der Waals surface area contributed by atoms with E-state index in [0.29, 0.717) is 17.0 Å². The summed E-state index contributed by atoms with van der Waals surface area (Å²) in [5, 5.41) is 8.18. The van der Waals surface area contributed by atoms with E-state index in [9.17, 15) is 0 Å². The topological polar surface area (TPSA) is 57.8 Å². The molecule has 0 saturated heterocycles. The number of nitrogens with zero attached hydrogens (tertiary/aromatic N) is 5. The molecule has 4 rings (SSSR count). The Morgan fingerprint density at radius 2 is 1.82 bits per heavy atom. The maximum absolute atomic E-state index is 15.2. The van der Waals surface area contributed by atoms with E-state index in [-0.39, 0.29) is 11.8 Å². The maximum Gasteiger partial charge on any atom is 0.174 e. The fourth-order valence-corrected chi connectivity index (χ4v) is 3.37. The van der Waals surface area contributed by atoms with E-state index in [1.807, 2.05) is 53.4 Å². The summed E-state index contributed by atoms with van der Waals surface area (Å²) in [6.45, 7) is 1.99. The standard InChI is InChI=1S/C21H20FN5O/c1-14(21-25-24-13-26(21)2)27-12-23-19(15-8-5-4-6-9-15)20(27)16-10-7-11-17(28-3)18(16)22/h4-14H,1-3H3. The first-order valence-electron chi connectivity index (χ1n) is 8.90. The molecule has 0 saturated carbocycles. The molecule has 142 valence electrons. The average Bonchev–Trinajstić information content (AvgIpc) is 3.35. The van der Waals surface area contributed by atoms with E-state index in [4.69, 9.17) is 4.74 Å². The molecule has 4 aromatic rings. The Kier molecular flexibility index (Phi) is 4.65. The minimum absolute atomic E-state index is 0.190. The molecule has 0 radical (unpaired) electrons. The number of aryl methyl sites for hydroxylation is 1. The zero-order chi connectivity index (χ0) is 19.7. The lowest BCUT2D eigenvalue weighted by molar-refractivity contribution is 0.387. The van der Waals surface area contributed by atoms with Crippen molar-refractivity contribution < 1.29 is 9.13 Å². The molecule has 0 spiro atoms. The fourth-order valence-electron chi connectivity index (χ4n) is 3.37. The Balaban J connectivity index is 1.97. The minimum atomic E-state index is -0.422. The second kappa shape index (κ2) is 7.26. The van der Waals surface area contributed by atoms with Gasteiger partial charge >= 0.3 is 0 Å². The summed E-state index contributed by atoms with van der Waals surface area (Å²) in [7, 11) is 3.34. The lowest BCUT2D eigenvalue weighted by atomic mass is 10.0. The number of halogens is 1. The molecule has 0 amide bonds. The summed E-state index contributed by atoms with van der Waals surface area (Å²) in [5.41, 5.74) is 2.69. The van der Waals surface area contributed by atoms with Gasteiger partial charge in [0.05, 0.1) is 30.9 Å². The van der Waals surface area contributed by atoms with E-state index >= 15 is 4.39 Å². The van der Waals surface area contributed by atoms with Gasteiger partial charge in [0.25, 0.3) is 0 Å². The SMILES string of the molecule is COc1cccc(-c2c(-c3ccccc3)ncn2C(C)c2nncn2C)c1F. The number of methoxy groups -OCH3 is 1. The van der Waals surface area contributed by atoms with Gasteiger partial charge in [0, 0.05) is 18.2 Å². The molecule has 2 aromatic carbocycles. The van der Waals surface area contributed by atoms with Gasteiger partial charge in [-0.15, -0.1) is 10.2 Å². The highest BCUT2D eigenvalue weighted by Crippen LogP contribution is 2.37. The first-order valence-corrected chi connectivity index (χ1v) is 8.90. The summed E-state index contributed by atoms with van der Waals surface area (Å²) < 4.78 is 24.2. The van der Waals surface area contributed by atoms with E-state index in [0.717, 1.165) is 11.4 Å². The molecular formula is C21H20FN5O. The second-order valence-corrected chi connectivity index (χ2v) is 6.51. The number of benzene rings is 2. The Morgan fingerprint density at radius 3 is 2.50 bits per heavy atom. The van der Waals surface area contributed by atoms with E-state index in [1.165, 1.54) is 7.11 Å². The lowest BCUT2D eigenvalue weighted by Gasteiger charge is -2.18. The Morgan fingerprint density at radius 1 is 1.04 bits per heavy atom. The van der Waals surface area contributed by atoms with Crippen LogP contribution in [0.2, 0.25) is 0 Å². The van der Waals surface area contributed by atoms with Crippen molar-refractivity contribution in [3.8, 4) is 28.3 Å². The first kappa shape index (κ1) is 17.9. The predicted octanol–water partition coefficient (Wildman–Crippen LogP) is 4.10. The highest BCUT2D eigenvalue weighted by atomic mass is 19.1. The third-order valence-corrected chi connectivity index (χ3v) is 4.82. The third-order valence-electron chi connectivity index (χ3n) is 4.82. The molecule has 0 aliphatic carbocycles. The molecule has 6 nitrogen and oxygen atoms in total. The molecule has 0 aliphatic heterocycles. The minimum Gasteiger partial charge on any atom is -0.494 e. The second-order valence-electron chi connectivity index (χ2n) is 6.51. The highest BCUT2D eigenvalue weighted by molar-refractivity contribution is 5.79. The van der Waals surface area contributed by atoms with Gasteiger partial charge in [0.2, 0.25) is 0 Å². The van der Waals surface area contributed by atoms with Crippen molar-refractivity contribution >= 4 is 0 Å². The van der Waals surface area contributed by atoms with Crippen molar-refractivity contribution in [3.63, 3.8) is 0 Å². The largest absolute Gasteiger partial charge is 0.494 e. The van der Waals surface area contributed by atoms with Crippen molar-refractivity contribution in [2.24, 2.45) is 7.05 Å². The molecule has 0 fully saturated rings. The van der Waals surface area contributed by atoms with Crippen LogP contribution < -0.4 is 4.74 Å². The number of rotatable bonds is 5. The number of hydrogen-bond donors (Lipinski definition) is 0. The smallest absolute Gasteiger partial charge is 0.174 e. The van der Waals surface area contributed by atoms with Crippen molar-refractivity contribution in [2.75, 3.05) is 7.11 Å². The number of hydrogen-bond acceptors (Lipinski definition) is 4. The average molecular weight is 377 g/mol. The molecule has 0 N–H and O–H groups in total. The molecule has 1 atom stereocenters.